The molecule has 1 aliphatic heterocycles. The molecule has 4 nitrogen and oxygen atoms in total. The second-order valence-electron chi connectivity index (χ2n) is 9.16. The number of methoxy groups -OCH3 is 1. The van der Waals surface area contributed by atoms with Gasteiger partial charge in [-0.05, 0) is 48.1 Å². The van der Waals surface area contributed by atoms with Crippen LogP contribution in [0.5, 0.6) is 0 Å². The summed E-state index contributed by atoms with van der Waals surface area (Å²) < 4.78 is 11.2. The van der Waals surface area contributed by atoms with E-state index in [1.165, 1.54) is 19.1 Å². The molecule has 1 fully saturated rings. The van der Waals surface area contributed by atoms with Gasteiger partial charge in [0.1, 0.15) is 0 Å². The number of carbonyl (C=O) groups excluding carboxylic acids is 2. The number of esters is 1. The van der Waals surface area contributed by atoms with Gasteiger partial charge in [-0.3, -0.25) is 9.59 Å². The highest BCUT2D eigenvalue weighted by Crippen LogP contribution is 2.52. The summed E-state index contributed by atoms with van der Waals surface area (Å²) in [5.74, 6) is -1.94. The van der Waals surface area contributed by atoms with Gasteiger partial charge in [0.15, 0.2) is 6.29 Å². The molecular formula is C22H30O4. The zero-order valence-electron chi connectivity index (χ0n) is 16.8. The highest BCUT2D eigenvalue weighted by molar-refractivity contribution is 5.86. The molecule has 1 aromatic rings. The van der Waals surface area contributed by atoms with Gasteiger partial charge in [0.05, 0.1) is 5.92 Å². The van der Waals surface area contributed by atoms with Crippen LogP contribution in [0.4, 0.5) is 0 Å². The Balaban J connectivity index is 2.28. The van der Waals surface area contributed by atoms with Crippen molar-refractivity contribution in [1.82, 2.24) is 0 Å². The topological polar surface area (TPSA) is 52.6 Å². The van der Waals surface area contributed by atoms with Crippen molar-refractivity contribution in [2.75, 3.05) is 7.11 Å². The van der Waals surface area contributed by atoms with Gasteiger partial charge in [-0.25, -0.2) is 0 Å². The normalized spacial score (nSPS) is 33.3. The molecule has 142 valence electrons. The number of hydrogen-bond donors (Lipinski definition) is 0. The Labute approximate surface area is 156 Å². The minimum atomic E-state index is -1.23. The van der Waals surface area contributed by atoms with E-state index >= 15 is 0 Å². The van der Waals surface area contributed by atoms with Gasteiger partial charge in [-0.1, -0.05) is 39.3 Å². The molecule has 1 aliphatic carbocycles. The summed E-state index contributed by atoms with van der Waals surface area (Å²) in [7, 11) is 1.51. The van der Waals surface area contributed by atoms with E-state index in [-0.39, 0.29) is 16.8 Å². The van der Waals surface area contributed by atoms with Crippen molar-refractivity contribution in [2.45, 2.75) is 77.4 Å². The van der Waals surface area contributed by atoms with Gasteiger partial charge in [0.2, 0.25) is 5.79 Å². The predicted molar refractivity (Wildman–Crippen MR) is 100 cm³/mol. The first-order chi connectivity index (χ1) is 12.1. The third kappa shape index (κ3) is 2.88. The van der Waals surface area contributed by atoms with Crippen LogP contribution < -0.4 is 0 Å². The summed E-state index contributed by atoms with van der Waals surface area (Å²) in [5, 5.41) is 0. The average Bonchev–Trinajstić information content (AvgIpc) is 2.57. The van der Waals surface area contributed by atoms with Crippen LogP contribution >= 0.6 is 0 Å². The van der Waals surface area contributed by atoms with E-state index in [9.17, 15) is 9.59 Å². The average molecular weight is 358 g/mol. The van der Waals surface area contributed by atoms with Gasteiger partial charge >= 0.3 is 5.97 Å². The second kappa shape index (κ2) is 6.19. The quantitative estimate of drug-likeness (QED) is 0.573. The predicted octanol–water partition coefficient (Wildman–Crippen LogP) is 4.84. The van der Waals surface area contributed by atoms with Crippen molar-refractivity contribution in [2.24, 2.45) is 5.41 Å². The van der Waals surface area contributed by atoms with Crippen LogP contribution in [0.3, 0.4) is 0 Å². The number of cyclic esters (lactones) is 1. The molecule has 2 aliphatic rings. The van der Waals surface area contributed by atoms with Gasteiger partial charge in [0, 0.05) is 25.2 Å². The van der Waals surface area contributed by atoms with Crippen molar-refractivity contribution in [3.8, 4) is 0 Å². The molecule has 0 radical (unpaired) electrons. The van der Waals surface area contributed by atoms with Gasteiger partial charge < -0.3 is 9.47 Å². The lowest BCUT2D eigenvalue weighted by molar-refractivity contribution is -0.226. The molecule has 1 saturated carbocycles. The van der Waals surface area contributed by atoms with Crippen LogP contribution in [0.2, 0.25) is 0 Å². The molecule has 1 aromatic carbocycles. The van der Waals surface area contributed by atoms with Gasteiger partial charge in [-0.2, -0.15) is 0 Å². The monoisotopic (exact) mass is 358 g/mol. The molecule has 0 spiro atoms. The van der Waals surface area contributed by atoms with Crippen LogP contribution in [-0.4, -0.2) is 19.4 Å². The SMILES string of the molecule is CO[C@@]1(C)OC(=O)[C@H](C)c2c([C@@]3(C)CCCC(C)(C)C3)ccc(C=O)c21. The number of fused-ring (bicyclic) bond motifs is 1. The second-order valence-corrected chi connectivity index (χ2v) is 9.16. The zero-order valence-corrected chi connectivity index (χ0v) is 16.8. The van der Waals surface area contributed by atoms with E-state index in [0.29, 0.717) is 11.1 Å². The highest BCUT2D eigenvalue weighted by Gasteiger charge is 2.48. The smallest absolute Gasteiger partial charge is 0.315 e. The maximum Gasteiger partial charge on any atom is 0.315 e. The number of ether oxygens (including phenoxy) is 2. The fourth-order valence-electron chi connectivity index (χ4n) is 5.23. The Hall–Kier alpha value is -1.68. The van der Waals surface area contributed by atoms with E-state index in [4.69, 9.17) is 9.47 Å². The van der Waals surface area contributed by atoms with Crippen LogP contribution in [0.1, 0.15) is 93.3 Å². The number of benzene rings is 1. The Morgan fingerprint density at radius 1 is 1.19 bits per heavy atom. The molecule has 0 N–H and O–H groups in total. The molecule has 3 rings (SSSR count). The molecule has 0 amide bonds. The lowest BCUT2D eigenvalue weighted by Gasteiger charge is -2.46. The van der Waals surface area contributed by atoms with E-state index < -0.39 is 11.7 Å². The van der Waals surface area contributed by atoms with Crippen LogP contribution in [-0.2, 0) is 25.5 Å². The standard InChI is InChI=1S/C22H30O4/c1-14-17-16(21(4)11-7-10-20(2,3)13-21)9-8-15(12-23)18(17)22(5,25-6)26-19(14)24/h8-9,12,14H,7,10-11,13H2,1-6H3/t14-,21+,22+/m1/s1. The van der Waals surface area contributed by atoms with Crippen molar-refractivity contribution < 1.29 is 19.1 Å². The Kier molecular flexibility index (Phi) is 4.55. The summed E-state index contributed by atoms with van der Waals surface area (Å²) in [4.78, 5) is 24.4. The third-order valence-electron chi connectivity index (χ3n) is 6.43. The van der Waals surface area contributed by atoms with Crippen molar-refractivity contribution in [3.05, 3.63) is 34.4 Å². The first kappa shape index (κ1) is 19.1. The minimum absolute atomic E-state index is 0.0339. The van der Waals surface area contributed by atoms with Gasteiger partial charge in [0.25, 0.3) is 0 Å². The summed E-state index contributed by atoms with van der Waals surface area (Å²) in [6, 6.07) is 3.91. The molecular weight excluding hydrogens is 328 g/mol. The van der Waals surface area contributed by atoms with Crippen LogP contribution in [0, 0.1) is 5.41 Å². The van der Waals surface area contributed by atoms with Crippen molar-refractivity contribution in [1.29, 1.82) is 0 Å². The third-order valence-corrected chi connectivity index (χ3v) is 6.43. The molecule has 0 aromatic heterocycles. The van der Waals surface area contributed by atoms with E-state index in [0.717, 1.165) is 31.1 Å². The Morgan fingerprint density at radius 2 is 1.88 bits per heavy atom. The van der Waals surface area contributed by atoms with Crippen LogP contribution in [0.25, 0.3) is 0 Å². The maximum absolute atomic E-state index is 12.6. The molecule has 26 heavy (non-hydrogen) atoms. The minimum Gasteiger partial charge on any atom is -0.428 e. The molecule has 0 bridgehead atoms. The highest BCUT2D eigenvalue weighted by atomic mass is 16.7. The molecule has 0 unspecified atom stereocenters. The first-order valence-corrected chi connectivity index (χ1v) is 9.48. The first-order valence-electron chi connectivity index (χ1n) is 9.48. The molecule has 1 heterocycles. The summed E-state index contributed by atoms with van der Waals surface area (Å²) >= 11 is 0. The van der Waals surface area contributed by atoms with Gasteiger partial charge in [-0.15, -0.1) is 0 Å². The fourth-order valence-corrected chi connectivity index (χ4v) is 5.23. The van der Waals surface area contributed by atoms with Crippen LogP contribution in [0.15, 0.2) is 12.1 Å². The molecule has 0 saturated heterocycles. The van der Waals surface area contributed by atoms with E-state index in [1.54, 1.807) is 6.92 Å². The Bertz CT molecular complexity index is 751. The lowest BCUT2D eigenvalue weighted by Crippen LogP contribution is -2.43. The summed E-state index contributed by atoms with van der Waals surface area (Å²) in [5.41, 5.74) is 3.56. The molecule has 3 atom stereocenters. The fraction of sp³-hybridized carbons (Fsp3) is 0.636. The van der Waals surface area contributed by atoms with Crippen molar-refractivity contribution >= 4 is 12.3 Å². The number of aldehydes is 1. The number of rotatable bonds is 3. The van der Waals surface area contributed by atoms with E-state index in [1.807, 2.05) is 13.0 Å². The zero-order chi connectivity index (χ0) is 19.3. The Morgan fingerprint density at radius 3 is 2.46 bits per heavy atom. The van der Waals surface area contributed by atoms with E-state index in [2.05, 4.69) is 26.8 Å². The lowest BCUT2D eigenvalue weighted by atomic mass is 9.60. The largest absolute Gasteiger partial charge is 0.428 e. The van der Waals surface area contributed by atoms with Crippen molar-refractivity contribution in [3.63, 3.8) is 0 Å². The number of carbonyl (C=O) groups is 2. The summed E-state index contributed by atoms with van der Waals surface area (Å²) in [6.07, 6.45) is 5.34. The summed E-state index contributed by atoms with van der Waals surface area (Å²) in [6.45, 7) is 10.5. The number of hydrogen-bond acceptors (Lipinski definition) is 4. The maximum atomic E-state index is 12.6. The molecule has 4 heteroatoms.